The third-order valence-electron chi connectivity index (χ3n) is 0.602. The summed E-state index contributed by atoms with van der Waals surface area (Å²) in [5, 5.41) is 7.78. The van der Waals surface area contributed by atoms with E-state index in [0.29, 0.717) is 10.6 Å². The molecule has 0 spiro atoms. The van der Waals surface area contributed by atoms with Gasteiger partial charge >= 0.3 is 47.0 Å². The van der Waals surface area contributed by atoms with Crippen molar-refractivity contribution in [1.29, 1.82) is 5.41 Å². The maximum absolute atomic E-state index is 6.94. The molecule has 1 rings (SSSR count). The van der Waals surface area contributed by atoms with Gasteiger partial charge in [-0.15, -0.1) is 0 Å². The predicted octanol–water partition coefficient (Wildman–Crippen LogP) is -0.586. The summed E-state index contributed by atoms with van der Waals surface area (Å²) in [4.78, 5) is 3.69. The molecule has 4 heteroatoms. The van der Waals surface area contributed by atoms with E-state index in [-0.39, 0.29) is 15.0 Å². The van der Waals surface area contributed by atoms with Crippen LogP contribution in [0.2, 0.25) is 5.32 Å². The molecule has 3 nitrogen and oxygen atoms in total. The minimum atomic E-state index is 0.254. The SMILES string of the molecule is N=C1N=C(N)C[Se]1. The molecule has 0 saturated carbocycles. The fraction of sp³-hybridized carbons (Fsp3) is 0.333. The molecule has 0 atom stereocenters. The van der Waals surface area contributed by atoms with Crippen molar-refractivity contribution in [1.82, 2.24) is 0 Å². The molecule has 1 aliphatic rings. The Balaban J connectivity index is 2.67. The van der Waals surface area contributed by atoms with Crippen LogP contribution >= 0.6 is 0 Å². The predicted molar refractivity (Wildman–Crippen MR) is 29.9 cm³/mol. The molecule has 0 aromatic heterocycles. The summed E-state index contributed by atoms with van der Waals surface area (Å²) < 4.78 is 0.477. The van der Waals surface area contributed by atoms with Crippen LogP contribution < -0.4 is 5.73 Å². The van der Waals surface area contributed by atoms with Crippen molar-refractivity contribution in [2.75, 3.05) is 0 Å². The average molecular weight is 162 g/mol. The van der Waals surface area contributed by atoms with Crippen molar-refractivity contribution in [2.45, 2.75) is 5.32 Å². The van der Waals surface area contributed by atoms with E-state index in [0.717, 1.165) is 5.32 Å². The van der Waals surface area contributed by atoms with Gasteiger partial charge in [-0.2, -0.15) is 0 Å². The second-order valence-electron chi connectivity index (χ2n) is 1.20. The Hall–Kier alpha value is -0.341. The first kappa shape index (κ1) is 4.81. The van der Waals surface area contributed by atoms with Crippen molar-refractivity contribution in [3.63, 3.8) is 0 Å². The Morgan fingerprint density at radius 3 is 2.71 bits per heavy atom. The molecule has 0 radical (unpaired) electrons. The number of hydrogen-bond donors (Lipinski definition) is 2. The minimum absolute atomic E-state index is 0.254. The van der Waals surface area contributed by atoms with Crippen LogP contribution in [0.15, 0.2) is 4.99 Å². The van der Waals surface area contributed by atoms with Crippen LogP contribution in [0.4, 0.5) is 0 Å². The first-order valence-corrected chi connectivity index (χ1v) is 3.90. The molecule has 0 aromatic carbocycles. The summed E-state index contributed by atoms with van der Waals surface area (Å²) in [6.45, 7) is 0. The zero-order chi connectivity index (χ0) is 5.28. The second kappa shape index (κ2) is 1.64. The third kappa shape index (κ3) is 1.01. The molecule has 0 amide bonds. The van der Waals surface area contributed by atoms with E-state index < -0.39 is 0 Å². The van der Waals surface area contributed by atoms with Gasteiger partial charge in [-0.1, -0.05) is 0 Å². The Labute approximate surface area is 47.7 Å². The van der Waals surface area contributed by atoms with Gasteiger partial charge in [0.05, 0.1) is 0 Å². The fourth-order valence-corrected chi connectivity index (χ4v) is 1.45. The zero-order valence-corrected chi connectivity index (χ0v) is 5.35. The van der Waals surface area contributed by atoms with E-state index >= 15 is 0 Å². The van der Waals surface area contributed by atoms with Gasteiger partial charge in [0.2, 0.25) is 0 Å². The van der Waals surface area contributed by atoms with E-state index in [1.54, 1.807) is 0 Å². The van der Waals surface area contributed by atoms with Gasteiger partial charge in [-0.25, -0.2) is 0 Å². The Morgan fingerprint density at radius 1 is 1.86 bits per heavy atom. The Morgan fingerprint density at radius 2 is 2.57 bits per heavy atom. The van der Waals surface area contributed by atoms with Gasteiger partial charge in [0.15, 0.2) is 0 Å². The summed E-state index contributed by atoms with van der Waals surface area (Å²) in [6.07, 6.45) is 0. The molecule has 7 heavy (non-hydrogen) atoms. The molecule has 0 fully saturated rings. The van der Waals surface area contributed by atoms with E-state index in [9.17, 15) is 0 Å². The maximum atomic E-state index is 6.94. The number of nitrogens with one attached hydrogen (secondary N) is 1. The number of rotatable bonds is 0. The number of nitrogens with zero attached hydrogens (tertiary/aromatic N) is 1. The van der Waals surface area contributed by atoms with Crippen molar-refractivity contribution < 1.29 is 0 Å². The summed E-state index contributed by atoms with van der Waals surface area (Å²) in [5.74, 6) is 0.630. The third-order valence-corrected chi connectivity index (χ3v) is 2.29. The van der Waals surface area contributed by atoms with Crippen molar-refractivity contribution in [3.8, 4) is 0 Å². The summed E-state index contributed by atoms with van der Waals surface area (Å²) in [6, 6.07) is 0. The van der Waals surface area contributed by atoms with Crippen molar-refractivity contribution in [2.24, 2.45) is 10.7 Å². The van der Waals surface area contributed by atoms with Gasteiger partial charge in [0.1, 0.15) is 0 Å². The van der Waals surface area contributed by atoms with E-state index in [2.05, 4.69) is 4.99 Å². The summed E-state index contributed by atoms with van der Waals surface area (Å²) in [7, 11) is 0. The second-order valence-corrected chi connectivity index (χ2v) is 3.22. The molecule has 3 N–H and O–H groups in total. The molecule has 1 heterocycles. The van der Waals surface area contributed by atoms with Crippen molar-refractivity contribution >= 4 is 25.5 Å². The number of amidine groups is 2. The van der Waals surface area contributed by atoms with Gasteiger partial charge in [0, 0.05) is 0 Å². The van der Waals surface area contributed by atoms with Crippen LogP contribution in [-0.4, -0.2) is 25.5 Å². The number of hydrogen-bond acceptors (Lipinski definition) is 2. The standard InChI is InChI=1S/C3H5N3Se/c4-2-1-7-3(5)6-2/h1H2,(H3,4,5,6). The molecule has 0 aliphatic carbocycles. The fourth-order valence-electron chi connectivity index (χ4n) is 0.337. The normalized spacial score (nSPS) is 20.0. The molecular formula is C3H5N3Se. The van der Waals surface area contributed by atoms with Crippen LogP contribution in [0.25, 0.3) is 0 Å². The molecule has 0 aromatic rings. The quantitative estimate of drug-likeness (QED) is 0.459. The molecule has 38 valence electrons. The summed E-state index contributed by atoms with van der Waals surface area (Å²) in [5.41, 5.74) is 5.25. The van der Waals surface area contributed by atoms with E-state index in [4.69, 9.17) is 11.1 Å². The van der Waals surface area contributed by atoms with Crippen LogP contribution in [0, 0.1) is 5.41 Å². The van der Waals surface area contributed by atoms with Gasteiger partial charge in [0.25, 0.3) is 0 Å². The van der Waals surface area contributed by atoms with E-state index in [1.807, 2.05) is 0 Å². The van der Waals surface area contributed by atoms with Gasteiger partial charge < -0.3 is 0 Å². The first-order chi connectivity index (χ1) is 3.29. The topological polar surface area (TPSA) is 62.2 Å². The zero-order valence-electron chi connectivity index (χ0n) is 3.64. The first-order valence-electron chi connectivity index (χ1n) is 1.83. The summed E-state index contributed by atoms with van der Waals surface area (Å²) >= 11 is 0.254. The molecule has 0 saturated heterocycles. The van der Waals surface area contributed by atoms with Crippen LogP contribution in [-0.2, 0) is 0 Å². The van der Waals surface area contributed by atoms with Crippen LogP contribution in [0.3, 0.4) is 0 Å². The molecular weight excluding hydrogens is 157 g/mol. The molecule has 0 unspecified atom stereocenters. The van der Waals surface area contributed by atoms with Gasteiger partial charge in [-0.3, -0.25) is 0 Å². The van der Waals surface area contributed by atoms with Crippen LogP contribution in [0.5, 0.6) is 0 Å². The van der Waals surface area contributed by atoms with Crippen LogP contribution in [0.1, 0.15) is 0 Å². The molecule has 0 bridgehead atoms. The average Bonchev–Trinajstić information content (AvgIpc) is 1.87. The molecule has 1 aliphatic heterocycles. The monoisotopic (exact) mass is 163 g/mol. The number of nitrogens with two attached hydrogens (primary N) is 1. The Kier molecular flexibility index (Phi) is 1.13. The van der Waals surface area contributed by atoms with Gasteiger partial charge in [-0.05, 0) is 0 Å². The van der Waals surface area contributed by atoms with Crippen molar-refractivity contribution in [3.05, 3.63) is 0 Å². The van der Waals surface area contributed by atoms with E-state index in [1.165, 1.54) is 0 Å². The number of aliphatic imine (C=N–C) groups is 1. The Bertz CT molecular complexity index is 128.